The van der Waals surface area contributed by atoms with E-state index in [0.29, 0.717) is 17.6 Å². The van der Waals surface area contributed by atoms with Gasteiger partial charge in [0.1, 0.15) is 0 Å². The second-order valence-corrected chi connectivity index (χ2v) is 9.78. The van der Waals surface area contributed by atoms with Gasteiger partial charge >= 0.3 is 0 Å². The summed E-state index contributed by atoms with van der Waals surface area (Å²) >= 11 is 5.35. The van der Waals surface area contributed by atoms with E-state index >= 15 is 0 Å². The van der Waals surface area contributed by atoms with Crippen molar-refractivity contribution in [1.82, 2.24) is 20.3 Å². The van der Waals surface area contributed by atoms with Crippen LogP contribution in [0.25, 0.3) is 16.9 Å². The summed E-state index contributed by atoms with van der Waals surface area (Å²) < 4.78 is 1.72. The fraction of sp³-hybridized carbons (Fsp3) is 0.370. The molecule has 2 aliphatic rings. The zero-order valence-corrected chi connectivity index (χ0v) is 20.6. The van der Waals surface area contributed by atoms with Crippen molar-refractivity contribution in [3.05, 3.63) is 75.6 Å². The highest BCUT2D eigenvalue weighted by atomic mass is 32.1. The van der Waals surface area contributed by atoms with Gasteiger partial charge in [-0.3, -0.25) is 15.6 Å². The average Bonchev–Trinajstić information content (AvgIpc) is 2.84. The van der Waals surface area contributed by atoms with E-state index in [9.17, 15) is 4.79 Å². The van der Waals surface area contributed by atoms with Gasteiger partial charge in [-0.25, -0.2) is 9.55 Å². The molecule has 0 radical (unpaired) electrons. The van der Waals surface area contributed by atoms with Crippen molar-refractivity contribution >= 4 is 23.3 Å². The molecule has 1 spiro atoms. The zero-order valence-electron chi connectivity index (χ0n) is 19.8. The van der Waals surface area contributed by atoms with Crippen LogP contribution in [-0.2, 0) is 11.8 Å². The summed E-state index contributed by atoms with van der Waals surface area (Å²) in [6.07, 6.45) is 6.46. The third-order valence-electron chi connectivity index (χ3n) is 7.21. The zero-order chi connectivity index (χ0) is 23.7. The van der Waals surface area contributed by atoms with Gasteiger partial charge in [-0.05, 0) is 62.5 Å². The molecule has 0 aliphatic heterocycles. The molecule has 3 N–H and O–H groups in total. The summed E-state index contributed by atoms with van der Waals surface area (Å²) in [7, 11) is 0. The molecule has 6 nitrogen and oxygen atoms in total. The summed E-state index contributed by atoms with van der Waals surface area (Å²) in [6.45, 7) is 4.70. The number of fused-ring (bicyclic) bond motifs is 4. The van der Waals surface area contributed by atoms with Crippen molar-refractivity contribution in [1.29, 1.82) is 0 Å². The predicted molar refractivity (Wildman–Crippen MR) is 142 cm³/mol. The van der Waals surface area contributed by atoms with Crippen LogP contribution in [0.5, 0.6) is 0 Å². The first-order chi connectivity index (χ1) is 16.5. The molecular weight excluding hydrogens is 442 g/mol. The molecule has 0 bridgehead atoms. The van der Waals surface area contributed by atoms with Crippen LogP contribution < -0.4 is 21.7 Å². The number of benzene rings is 2. The molecule has 7 heteroatoms. The number of aryl methyl sites for hydroxylation is 1. The highest BCUT2D eigenvalue weighted by molar-refractivity contribution is 7.80. The number of nitrogens with one attached hydrogen (secondary N) is 3. The van der Waals surface area contributed by atoms with Crippen molar-refractivity contribution in [2.75, 3.05) is 12.0 Å². The van der Waals surface area contributed by atoms with E-state index in [0.717, 1.165) is 60.2 Å². The van der Waals surface area contributed by atoms with Gasteiger partial charge in [-0.2, -0.15) is 0 Å². The Morgan fingerprint density at radius 3 is 2.59 bits per heavy atom. The second kappa shape index (κ2) is 9.22. The minimum Gasteiger partial charge on any atom is -0.362 e. The first kappa shape index (κ1) is 22.6. The molecule has 2 aromatic carbocycles. The van der Waals surface area contributed by atoms with Crippen LogP contribution in [0.2, 0.25) is 0 Å². The Hall–Kier alpha value is -3.19. The van der Waals surface area contributed by atoms with Crippen LogP contribution in [0.15, 0.2) is 53.3 Å². The highest BCUT2D eigenvalue weighted by Crippen LogP contribution is 2.48. The molecule has 0 atom stereocenters. The molecule has 1 fully saturated rings. The van der Waals surface area contributed by atoms with Crippen LogP contribution in [0.1, 0.15) is 55.7 Å². The molecule has 1 saturated carbocycles. The summed E-state index contributed by atoms with van der Waals surface area (Å²) in [5.41, 5.74) is 11.8. The van der Waals surface area contributed by atoms with Crippen molar-refractivity contribution < 1.29 is 0 Å². The Labute approximate surface area is 205 Å². The Balaban J connectivity index is 1.77. The number of aromatic nitrogens is 2. The molecule has 176 valence electrons. The number of hydrogen-bond acceptors (Lipinski definition) is 4. The monoisotopic (exact) mass is 473 g/mol. The van der Waals surface area contributed by atoms with Crippen LogP contribution in [0.3, 0.4) is 0 Å². The molecule has 1 aromatic heterocycles. The topological polar surface area (TPSA) is 71.0 Å². The van der Waals surface area contributed by atoms with Gasteiger partial charge in [-0.1, -0.05) is 61.7 Å². The Bertz CT molecular complexity index is 1290. The minimum absolute atomic E-state index is 0.00868. The standard InChI is InChI=1S/C27H31N5OS/c1-3-28-26(34)31-30-25-29-23-20-13-7-6-12-19(20)17-27(15-9-4-10-16-27)22(23)24(33)32(25)21-14-8-5-11-18(21)2/h5-8,11-14H,3-4,9-10,15-17H2,1-2H3,(H,29,30)(H2,28,31,34). The summed E-state index contributed by atoms with van der Waals surface area (Å²) in [4.78, 5) is 19.6. The van der Waals surface area contributed by atoms with Gasteiger partial charge in [0.2, 0.25) is 5.95 Å². The SMILES string of the molecule is CCNC(=S)NNc1nc2c(c(=O)n1-c1ccccc1C)C1(CCCCC1)Cc1ccccc1-2. The lowest BCUT2D eigenvalue weighted by molar-refractivity contribution is 0.284. The molecule has 3 aromatic rings. The third kappa shape index (κ3) is 3.88. The number of hydrazine groups is 1. The molecular formula is C27H31N5OS. The third-order valence-corrected chi connectivity index (χ3v) is 7.45. The molecule has 0 unspecified atom stereocenters. The number of para-hydroxylation sites is 1. The van der Waals surface area contributed by atoms with Crippen molar-refractivity contribution in [3.8, 4) is 16.9 Å². The van der Waals surface area contributed by atoms with E-state index in [-0.39, 0.29) is 11.0 Å². The number of thiocarbonyl (C=S) groups is 1. The fourth-order valence-electron chi connectivity index (χ4n) is 5.65. The van der Waals surface area contributed by atoms with E-state index in [4.69, 9.17) is 17.2 Å². The van der Waals surface area contributed by atoms with Gasteiger partial charge in [0.15, 0.2) is 5.11 Å². The first-order valence-corrected chi connectivity index (χ1v) is 12.6. The maximum absolute atomic E-state index is 14.4. The lowest BCUT2D eigenvalue weighted by Crippen LogP contribution is -2.45. The van der Waals surface area contributed by atoms with E-state index in [2.05, 4.69) is 34.4 Å². The van der Waals surface area contributed by atoms with Gasteiger partial charge < -0.3 is 5.32 Å². The maximum atomic E-state index is 14.4. The van der Waals surface area contributed by atoms with Crippen LogP contribution in [-0.4, -0.2) is 21.2 Å². The summed E-state index contributed by atoms with van der Waals surface area (Å²) in [5, 5.41) is 3.52. The largest absolute Gasteiger partial charge is 0.362 e. The molecule has 2 aliphatic carbocycles. The second-order valence-electron chi connectivity index (χ2n) is 9.37. The molecule has 34 heavy (non-hydrogen) atoms. The van der Waals surface area contributed by atoms with Crippen LogP contribution in [0.4, 0.5) is 5.95 Å². The Morgan fingerprint density at radius 2 is 1.82 bits per heavy atom. The molecule has 1 heterocycles. The van der Waals surface area contributed by atoms with E-state index in [1.165, 1.54) is 12.0 Å². The molecule has 0 saturated heterocycles. The average molecular weight is 474 g/mol. The first-order valence-electron chi connectivity index (χ1n) is 12.2. The number of hydrogen-bond donors (Lipinski definition) is 3. The van der Waals surface area contributed by atoms with Crippen molar-refractivity contribution in [2.45, 2.75) is 57.8 Å². The minimum atomic E-state index is -0.165. The van der Waals surface area contributed by atoms with Crippen molar-refractivity contribution in [3.63, 3.8) is 0 Å². The van der Waals surface area contributed by atoms with Gasteiger partial charge in [0.25, 0.3) is 5.56 Å². The van der Waals surface area contributed by atoms with E-state index < -0.39 is 0 Å². The summed E-state index contributed by atoms with van der Waals surface area (Å²) in [6, 6.07) is 16.3. The normalized spacial score (nSPS) is 15.8. The molecule has 5 rings (SSSR count). The van der Waals surface area contributed by atoms with Crippen LogP contribution in [0, 0.1) is 6.92 Å². The lowest BCUT2D eigenvalue weighted by Gasteiger charge is -2.42. The Morgan fingerprint density at radius 1 is 1.09 bits per heavy atom. The van der Waals surface area contributed by atoms with E-state index in [1.807, 2.05) is 44.2 Å². The number of nitrogens with zero attached hydrogens (tertiary/aromatic N) is 2. The molecule has 0 amide bonds. The predicted octanol–water partition coefficient (Wildman–Crippen LogP) is 4.78. The van der Waals surface area contributed by atoms with Gasteiger partial charge in [0.05, 0.1) is 16.9 Å². The maximum Gasteiger partial charge on any atom is 0.263 e. The number of anilines is 1. The summed E-state index contributed by atoms with van der Waals surface area (Å²) in [5.74, 6) is 0.431. The van der Waals surface area contributed by atoms with Gasteiger partial charge in [-0.15, -0.1) is 0 Å². The van der Waals surface area contributed by atoms with E-state index in [1.54, 1.807) is 4.57 Å². The van der Waals surface area contributed by atoms with Crippen LogP contribution >= 0.6 is 12.2 Å². The van der Waals surface area contributed by atoms with Crippen molar-refractivity contribution in [2.24, 2.45) is 0 Å². The number of rotatable bonds is 4. The fourth-order valence-corrected chi connectivity index (χ4v) is 5.84. The quantitative estimate of drug-likeness (QED) is 0.374. The highest BCUT2D eigenvalue weighted by Gasteiger charge is 2.43. The lowest BCUT2D eigenvalue weighted by atomic mass is 9.62. The smallest absolute Gasteiger partial charge is 0.263 e. The van der Waals surface area contributed by atoms with Gasteiger partial charge in [0, 0.05) is 17.5 Å². The Kier molecular flexibility index (Phi) is 6.13.